The average Bonchev–Trinajstić information content (AvgIpc) is 2.54. The molecule has 23 heavy (non-hydrogen) atoms. The maximum absolute atomic E-state index is 10.9. The molecular weight excluding hydrogens is 290 g/mol. The second-order valence-corrected chi connectivity index (χ2v) is 6.39. The van der Waals surface area contributed by atoms with E-state index in [1.807, 2.05) is 43.6 Å². The third kappa shape index (κ3) is 4.50. The molecule has 2 heterocycles. The first-order chi connectivity index (χ1) is 11.1. The summed E-state index contributed by atoms with van der Waals surface area (Å²) in [5.41, 5.74) is 1.41. The molecule has 1 aromatic carbocycles. The lowest BCUT2D eigenvalue weighted by Gasteiger charge is -2.38. The fourth-order valence-electron chi connectivity index (χ4n) is 3.05. The molecule has 1 fully saturated rings. The molecule has 0 bridgehead atoms. The molecular formula is C18H23N3O2. The minimum absolute atomic E-state index is 0.318. The van der Waals surface area contributed by atoms with Crippen LogP contribution in [0.15, 0.2) is 43.0 Å². The van der Waals surface area contributed by atoms with Crippen molar-refractivity contribution in [2.75, 3.05) is 19.7 Å². The predicted octanol–water partition coefficient (Wildman–Crippen LogP) is 2.19. The number of aryl methyl sites for hydroxylation is 1. The molecule has 5 nitrogen and oxygen atoms in total. The standard InChI is InChI=1S/C18H23N3O2/c1-15-4-2-5-17(8-15)23-13-18(22)6-3-7-21(12-18)11-16-9-19-14-20-10-16/h2,4-5,8-10,14,22H,3,6-7,11-13H2,1H3/t18-/m0/s1. The van der Waals surface area contributed by atoms with Gasteiger partial charge in [0.05, 0.1) is 0 Å². The molecule has 1 aliphatic heterocycles. The van der Waals surface area contributed by atoms with Crippen LogP contribution in [0.25, 0.3) is 0 Å². The molecule has 3 rings (SSSR count). The Morgan fingerprint density at radius 2 is 2.13 bits per heavy atom. The van der Waals surface area contributed by atoms with Gasteiger partial charge in [-0.2, -0.15) is 0 Å². The topological polar surface area (TPSA) is 58.5 Å². The third-order valence-electron chi connectivity index (χ3n) is 4.15. The number of rotatable bonds is 5. The number of β-amino-alcohol motifs (C(OH)–C–C–N with tert-alkyl or cyclic N) is 1. The molecule has 0 amide bonds. The van der Waals surface area contributed by atoms with Crippen LogP contribution in [0.1, 0.15) is 24.0 Å². The van der Waals surface area contributed by atoms with E-state index >= 15 is 0 Å². The van der Waals surface area contributed by atoms with Crippen LogP contribution in [-0.2, 0) is 6.54 Å². The van der Waals surface area contributed by atoms with Gasteiger partial charge in [-0.05, 0) is 44.0 Å². The number of piperidine rings is 1. The highest BCUT2D eigenvalue weighted by Gasteiger charge is 2.34. The van der Waals surface area contributed by atoms with Gasteiger partial charge < -0.3 is 9.84 Å². The van der Waals surface area contributed by atoms with Gasteiger partial charge in [0, 0.05) is 31.0 Å². The van der Waals surface area contributed by atoms with Crippen LogP contribution in [0, 0.1) is 6.92 Å². The van der Waals surface area contributed by atoms with Crippen molar-refractivity contribution in [3.05, 3.63) is 54.1 Å². The lowest BCUT2D eigenvalue weighted by molar-refractivity contribution is -0.0621. The number of aliphatic hydroxyl groups is 1. The molecule has 122 valence electrons. The van der Waals surface area contributed by atoms with Gasteiger partial charge in [0.2, 0.25) is 0 Å². The molecule has 0 radical (unpaired) electrons. The van der Waals surface area contributed by atoms with Crippen molar-refractivity contribution in [1.29, 1.82) is 0 Å². The van der Waals surface area contributed by atoms with Crippen LogP contribution in [0.5, 0.6) is 5.75 Å². The Hall–Kier alpha value is -1.98. The Morgan fingerprint density at radius 1 is 1.30 bits per heavy atom. The van der Waals surface area contributed by atoms with E-state index in [4.69, 9.17) is 4.74 Å². The predicted molar refractivity (Wildman–Crippen MR) is 88.2 cm³/mol. The quantitative estimate of drug-likeness (QED) is 0.917. The lowest BCUT2D eigenvalue weighted by Crippen LogP contribution is -2.51. The first-order valence-electron chi connectivity index (χ1n) is 8.01. The van der Waals surface area contributed by atoms with Crippen molar-refractivity contribution in [2.24, 2.45) is 0 Å². The summed E-state index contributed by atoms with van der Waals surface area (Å²) in [5.74, 6) is 0.812. The molecule has 0 spiro atoms. The number of ether oxygens (including phenoxy) is 1. The zero-order valence-corrected chi connectivity index (χ0v) is 13.5. The molecule has 5 heteroatoms. The summed E-state index contributed by atoms with van der Waals surface area (Å²) in [6.07, 6.45) is 6.90. The summed E-state index contributed by atoms with van der Waals surface area (Å²) in [4.78, 5) is 10.3. The number of benzene rings is 1. The van der Waals surface area contributed by atoms with Gasteiger partial charge in [0.15, 0.2) is 0 Å². The average molecular weight is 313 g/mol. The number of hydrogen-bond donors (Lipinski definition) is 1. The van der Waals surface area contributed by atoms with Crippen molar-refractivity contribution in [3.63, 3.8) is 0 Å². The van der Waals surface area contributed by atoms with Crippen molar-refractivity contribution >= 4 is 0 Å². The highest BCUT2D eigenvalue weighted by Crippen LogP contribution is 2.24. The molecule has 0 saturated carbocycles. The molecule has 1 aliphatic rings. The van der Waals surface area contributed by atoms with Crippen LogP contribution < -0.4 is 4.74 Å². The zero-order valence-electron chi connectivity index (χ0n) is 13.5. The molecule has 0 aliphatic carbocycles. The first kappa shape index (κ1) is 15.9. The molecule has 1 atom stereocenters. The Bertz CT molecular complexity index is 635. The molecule has 1 aromatic heterocycles. The molecule has 2 aromatic rings. The van der Waals surface area contributed by atoms with Crippen molar-refractivity contribution in [3.8, 4) is 5.75 Å². The Labute approximate surface area is 137 Å². The van der Waals surface area contributed by atoms with Gasteiger partial charge in [-0.25, -0.2) is 9.97 Å². The van der Waals surface area contributed by atoms with Gasteiger partial charge in [0.1, 0.15) is 24.3 Å². The maximum atomic E-state index is 10.9. The van der Waals surface area contributed by atoms with E-state index in [1.54, 1.807) is 0 Å². The van der Waals surface area contributed by atoms with E-state index in [9.17, 15) is 5.11 Å². The second kappa shape index (κ2) is 7.06. The molecule has 1 saturated heterocycles. The van der Waals surface area contributed by atoms with Gasteiger partial charge in [-0.1, -0.05) is 12.1 Å². The SMILES string of the molecule is Cc1cccc(OC[C@]2(O)CCCN(Cc3cncnc3)C2)c1. The van der Waals surface area contributed by atoms with Crippen LogP contribution in [0.2, 0.25) is 0 Å². The van der Waals surface area contributed by atoms with Gasteiger partial charge in [-0.15, -0.1) is 0 Å². The summed E-state index contributed by atoms with van der Waals surface area (Å²) in [6, 6.07) is 7.92. The number of aromatic nitrogens is 2. The van der Waals surface area contributed by atoms with Gasteiger partial charge in [0.25, 0.3) is 0 Å². The summed E-state index contributed by atoms with van der Waals surface area (Å²) in [5, 5.41) is 10.9. The minimum Gasteiger partial charge on any atom is -0.491 e. The molecule has 1 N–H and O–H groups in total. The monoisotopic (exact) mass is 313 g/mol. The third-order valence-corrected chi connectivity index (χ3v) is 4.15. The summed E-state index contributed by atoms with van der Waals surface area (Å²) in [6.45, 7) is 4.69. The summed E-state index contributed by atoms with van der Waals surface area (Å²) < 4.78 is 5.83. The first-order valence-corrected chi connectivity index (χ1v) is 8.01. The largest absolute Gasteiger partial charge is 0.491 e. The zero-order chi connectivity index (χ0) is 16.1. The van der Waals surface area contributed by atoms with Crippen LogP contribution in [0.3, 0.4) is 0 Å². The Morgan fingerprint density at radius 3 is 2.91 bits per heavy atom. The van der Waals surface area contributed by atoms with Crippen LogP contribution in [0.4, 0.5) is 0 Å². The summed E-state index contributed by atoms with van der Waals surface area (Å²) in [7, 11) is 0. The van der Waals surface area contributed by atoms with E-state index in [1.165, 1.54) is 6.33 Å². The van der Waals surface area contributed by atoms with Crippen molar-refractivity contribution in [2.45, 2.75) is 31.9 Å². The van der Waals surface area contributed by atoms with E-state index in [0.717, 1.165) is 42.8 Å². The van der Waals surface area contributed by atoms with E-state index in [2.05, 4.69) is 14.9 Å². The van der Waals surface area contributed by atoms with E-state index in [-0.39, 0.29) is 0 Å². The normalized spacial score (nSPS) is 22.0. The lowest BCUT2D eigenvalue weighted by atomic mass is 9.93. The van der Waals surface area contributed by atoms with Crippen molar-refractivity contribution in [1.82, 2.24) is 14.9 Å². The van der Waals surface area contributed by atoms with E-state index < -0.39 is 5.60 Å². The number of hydrogen-bond acceptors (Lipinski definition) is 5. The highest BCUT2D eigenvalue weighted by atomic mass is 16.5. The van der Waals surface area contributed by atoms with E-state index in [0.29, 0.717) is 13.2 Å². The van der Waals surface area contributed by atoms with Crippen LogP contribution >= 0.6 is 0 Å². The number of nitrogens with zero attached hydrogens (tertiary/aromatic N) is 3. The Balaban J connectivity index is 1.58. The van der Waals surface area contributed by atoms with Crippen molar-refractivity contribution < 1.29 is 9.84 Å². The Kier molecular flexibility index (Phi) is 4.88. The minimum atomic E-state index is -0.808. The van der Waals surface area contributed by atoms with Gasteiger partial charge >= 0.3 is 0 Å². The number of likely N-dealkylation sites (tertiary alicyclic amines) is 1. The highest BCUT2D eigenvalue weighted by molar-refractivity contribution is 5.27. The fraction of sp³-hybridized carbons (Fsp3) is 0.444. The van der Waals surface area contributed by atoms with Gasteiger partial charge in [-0.3, -0.25) is 4.90 Å². The van der Waals surface area contributed by atoms with Crippen LogP contribution in [-0.4, -0.2) is 45.3 Å². The summed E-state index contributed by atoms with van der Waals surface area (Å²) >= 11 is 0. The fourth-order valence-corrected chi connectivity index (χ4v) is 3.05. The second-order valence-electron chi connectivity index (χ2n) is 6.39. The molecule has 0 unspecified atom stereocenters. The maximum Gasteiger partial charge on any atom is 0.119 e. The smallest absolute Gasteiger partial charge is 0.119 e.